The SMILES string of the molecule is CSc1ccc(Nc2c(C(=O)NOC[C@H](C)O)cc(Cl)c(=O)n2C)c(F)c1. The third kappa shape index (κ3) is 5.23. The van der Waals surface area contributed by atoms with E-state index in [0.717, 1.165) is 9.46 Å². The molecule has 1 amide bonds. The summed E-state index contributed by atoms with van der Waals surface area (Å²) in [5.74, 6) is -1.21. The van der Waals surface area contributed by atoms with Crippen LogP contribution in [0.2, 0.25) is 5.02 Å². The Morgan fingerprint density at radius 1 is 1.44 bits per heavy atom. The molecule has 2 rings (SSSR count). The molecule has 0 saturated carbocycles. The average Bonchev–Trinajstić information content (AvgIpc) is 2.62. The smallest absolute Gasteiger partial charge is 0.278 e. The molecule has 27 heavy (non-hydrogen) atoms. The van der Waals surface area contributed by atoms with Crippen molar-refractivity contribution in [2.75, 3.05) is 18.2 Å². The maximum atomic E-state index is 14.3. The number of rotatable bonds is 7. The zero-order valence-electron chi connectivity index (χ0n) is 14.9. The summed E-state index contributed by atoms with van der Waals surface area (Å²) in [5, 5.41) is 11.8. The lowest BCUT2D eigenvalue weighted by molar-refractivity contribution is -0.00685. The van der Waals surface area contributed by atoms with Crippen LogP contribution in [0.3, 0.4) is 0 Å². The van der Waals surface area contributed by atoms with Crippen LogP contribution in [0.25, 0.3) is 0 Å². The number of amides is 1. The first kappa shape index (κ1) is 21.2. The van der Waals surface area contributed by atoms with E-state index in [2.05, 4.69) is 10.8 Å². The van der Waals surface area contributed by atoms with Crippen molar-refractivity contribution in [3.8, 4) is 0 Å². The molecule has 0 saturated heterocycles. The quantitative estimate of drug-likeness (QED) is 0.475. The number of anilines is 2. The van der Waals surface area contributed by atoms with Gasteiger partial charge in [-0.05, 0) is 37.4 Å². The molecule has 0 unspecified atom stereocenters. The summed E-state index contributed by atoms with van der Waals surface area (Å²) < 4.78 is 15.4. The van der Waals surface area contributed by atoms with Crippen LogP contribution < -0.4 is 16.4 Å². The van der Waals surface area contributed by atoms with Crippen LogP contribution in [-0.4, -0.2) is 34.5 Å². The van der Waals surface area contributed by atoms with Crippen LogP contribution in [0.1, 0.15) is 17.3 Å². The van der Waals surface area contributed by atoms with E-state index in [9.17, 15) is 19.1 Å². The first-order valence-electron chi connectivity index (χ1n) is 7.84. The first-order chi connectivity index (χ1) is 12.7. The van der Waals surface area contributed by atoms with Crippen molar-refractivity contribution in [1.82, 2.24) is 10.0 Å². The number of halogens is 2. The van der Waals surface area contributed by atoms with Crippen LogP contribution in [0.4, 0.5) is 15.9 Å². The van der Waals surface area contributed by atoms with Crippen LogP contribution in [0.15, 0.2) is 34.0 Å². The summed E-state index contributed by atoms with van der Waals surface area (Å²) in [5.41, 5.74) is 1.66. The number of nitrogens with zero attached hydrogens (tertiary/aromatic N) is 1. The van der Waals surface area contributed by atoms with Gasteiger partial charge in [0.05, 0.1) is 17.4 Å². The van der Waals surface area contributed by atoms with E-state index in [1.54, 1.807) is 6.07 Å². The van der Waals surface area contributed by atoms with E-state index in [1.165, 1.54) is 43.9 Å². The fourth-order valence-corrected chi connectivity index (χ4v) is 2.82. The molecule has 1 aromatic heterocycles. The van der Waals surface area contributed by atoms with Gasteiger partial charge in [-0.2, -0.15) is 0 Å². The highest BCUT2D eigenvalue weighted by atomic mass is 35.5. The van der Waals surface area contributed by atoms with Crippen molar-refractivity contribution in [3.63, 3.8) is 0 Å². The Kier molecular flexibility index (Phi) is 7.25. The summed E-state index contributed by atoms with van der Waals surface area (Å²) in [4.78, 5) is 30.2. The lowest BCUT2D eigenvalue weighted by Crippen LogP contribution is -2.30. The zero-order valence-corrected chi connectivity index (χ0v) is 16.4. The second kappa shape index (κ2) is 9.23. The molecular formula is C17H19ClFN3O4S. The van der Waals surface area contributed by atoms with Gasteiger partial charge in [0, 0.05) is 11.9 Å². The Hall–Kier alpha value is -2.07. The summed E-state index contributed by atoms with van der Waals surface area (Å²) in [7, 11) is 1.40. The molecule has 0 aliphatic heterocycles. The van der Waals surface area contributed by atoms with Gasteiger partial charge in [-0.25, -0.2) is 9.87 Å². The molecular weight excluding hydrogens is 397 g/mol. The van der Waals surface area contributed by atoms with Gasteiger partial charge in [-0.3, -0.25) is 19.0 Å². The second-order valence-electron chi connectivity index (χ2n) is 5.68. The minimum Gasteiger partial charge on any atom is -0.391 e. The highest BCUT2D eigenvalue weighted by Crippen LogP contribution is 2.26. The van der Waals surface area contributed by atoms with Crippen molar-refractivity contribution < 1.29 is 19.1 Å². The normalized spacial score (nSPS) is 11.9. The van der Waals surface area contributed by atoms with Gasteiger partial charge >= 0.3 is 0 Å². The molecule has 0 aliphatic rings. The number of nitrogens with one attached hydrogen (secondary N) is 2. The Labute approximate surface area is 164 Å². The topological polar surface area (TPSA) is 92.6 Å². The highest BCUT2D eigenvalue weighted by Gasteiger charge is 2.19. The van der Waals surface area contributed by atoms with Gasteiger partial charge in [-0.15, -0.1) is 11.8 Å². The van der Waals surface area contributed by atoms with E-state index in [0.29, 0.717) is 0 Å². The molecule has 1 heterocycles. The van der Waals surface area contributed by atoms with Crippen molar-refractivity contribution >= 4 is 40.8 Å². The van der Waals surface area contributed by atoms with Crippen LogP contribution in [0.5, 0.6) is 0 Å². The lowest BCUT2D eigenvalue weighted by atomic mass is 10.2. The van der Waals surface area contributed by atoms with Crippen LogP contribution in [0, 0.1) is 5.82 Å². The fraction of sp³-hybridized carbons (Fsp3) is 0.294. The maximum absolute atomic E-state index is 14.3. The number of aliphatic hydroxyl groups is 1. The number of hydrogen-bond acceptors (Lipinski definition) is 6. The van der Waals surface area contributed by atoms with Gasteiger partial charge in [0.25, 0.3) is 11.5 Å². The van der Waals surface area contributed by atoms with Gasteiger partial charge in [0.1, 0.15) is 23.3 Å². The number of hydroxylamine groups is 1. The number of aromatic nitrogens is 1. The van der Waals surface area contributed by atoms with E-state index in [-0.39, 0.29) is 28.7 Å². The summed E-state index contributed by atoms with van der Waals surface area (Å²) in [6.45, 7) is 1.36. The summed E-state index contributed by atoms with van der Waals surface area (Å²) in [6, 6.07) is 5.72. The van der Waals surface area contributed by atoms with Crippen molar-refractivity contribution in [1.29, 1.82) is 0 Å². The molecule has 2 aromatic rings. The molecule has 0 fully saturated rings. The molecule has 0 spiro atoms. The number of aliphatic hydroxyl groups excluding tert-OH is 1. The van der Waals surface area contributed by atoms with Gasteiger partial charge < -0.3 is 10.4 Å². The van der Waals surface area contributed by atoms with E-state index in [4.69, 9.17) is 16.4 Å². The maximum Gasteiger partial charge on any atom is 0.278 e. The Morgan fingerprint density at radius 3 is 2.74 bits per heavy atom. The standard InChI is InChI=1S/C17H19ClFN3O4S/c1-9(23)8-26-21-16(24)11-7-12(18)17(25)22(2)15(11)20-14-5-4-10(27-3)6-13(14)19/h4-7,9,20,23H,8H2,1-3H3,(H,21,24)/t9-/m0/s1. The minimum atomic E-state index is -0.782. The predicted octanol–water partition coefficient (Wildman–Crippen LogP) is 2.69. The largest absolute Gasteiger partial charge is 0.391 e. The molecule has 10 heteroatoms. The predicted molar refractivity (Wildman–Crippen MR) is 103 cm³/mol. The Morgan fingerprint density at radius 2 is 2.15 bits per heavy atom. The number of carbonyl (C=O) groups excluding carboxylic acids is 1. The number of hydrogen-bond donors (Lipinski definition) is 3. The molecule has 0 radical (unpaired) electrons. The average molecular weight is 416 g/mol. The lowest BCUT2D eigenvalue weighted by Gasteiger charge is -2.17. The van der Waals surface area contributed by atoms with Gasteiger partial charge in [-0.1, -0.05) is 11.6 Å². The van der Waals surface area contributed by atoms with E-state index < -0.39 is 23.4 Å². The van der Waals surface area contributed by atoms with Crippen LogP contribution >= 0.6 is 23.4 Å². The van der Waals surface area contributed by atoms with Crippen molar-refractivity contribution in [2.45, 2.75) is 17.9 Å². The third-order valence-electron chi connectivity index (χ3n) is 3.53. The van der Waals surface area contributed by atoms with Crippen molar-refractivity contribution in [2.24, 2.45) is 7.05 Å². The fourth-order valence-electron chi connectivity index (χ4n) is 2.16. The summed E-state index contributed by atoms with van der Waals surface area (Å²) in [6.07, 6.45) is 1.04. The number of thioether (sulfide) groups is 1. The summed E-state index contributed by atoms with van der Waals surface area (Å²) >= 11 is 7.28. The molecule has 0 bridgehead atoms. The molecule has 0 aliphatic carbocycles. The second-order valence-corrected chi connectivity index (χ2v) is 6.97. The monoisotopic (exact) mass is 415 g/mol. The minimum absolute atomic E-state index is 0.0268. The Balaban J connectivity index is 2.41. The molecule has 146 valence electrons. The number of pyridine rings is 1. The molecule has 3 N–H and O–H groups in total. The zero-order chi connectivity index (χ0) is 20.1. The first-order valence-corrected chi connectivity index (χ1v) is 9.45. The van der Waals surface area contributed by atoms with Crippen molar-refractivity contribution in [3.05, 3.63) is 51.0 Å². The van der Waals surface area contributed by atoms with Crippen LogP contribution in [-0.2, 0) is 11.9 Å². The molecule has 1 aromatic carbocycles. The molecule has 1 atom stereocenters. The highest BCUT2D eigenvalue weighted by molar-refractivity contribution is 7.98. The molecule has 7 nitrogen and oxygen atoms in total. The number of carbonyl (C=O) groups is 1. The Bertz CT molecular complexity index is 904. The van der Waals surface area contributed by atoms with E-state index >= 15 is 0 Å². The van der Waals surface area contributed by atoms with E-state index in [1.807, 2.05) is 6.26 Å². The van der Waals surface area contributed by atoms with Gasteiger partial charge in [0.15, 0.2) is 0 Å². The third-order valence-corrected chi connectivity index (χ3v) is 4.53. The number of benzene rings is 1. The van der Waals surface area contributed by atoms with Gasteiger partial charge in [0.2, 0.25) is 0 Å².